The number of nitrogens with zero attached hydrogens (tertiary/aromatic N) is 1. The Hall–Kier alpha value is -1.11. The van der Waals surface area contributed by atoms with Crippen molar-refractivity contribution in [1.82, 2.24) is 4.31 Å². The molecule has 9 heteroatoms. The molecule has 218 valence electrons. The van der Waals surface area contributed by atoms with Crippen molar-refractivity contribution in [3.63, 3.8) is 0 Å². The maximum atomic E-state index is 14.0. The van der Waals surface area contributed by atoms with Crippen molar-refractivity contribution in [2.24, 2.45) is 0 Å². The second-order valence-electron chi connectivity index (χ2n) is 13.5. The van der Waals surface area contributed by atoms with E-state index in [0.717, 1.165) is 5.56 Å². The molecular formula is C29H53NO5SSi2. The van der Waals surface area contributed by atoms with E-state index >= 15 is 0 Å². The number of aldehydes is 1. The lowest BCUT2D eigenvalue weighted by Crippen LogP contribution is -2.50. The fourth-order valence-corrected chi connectivity index (χ4v) is 7.91. The molecular weight excluding hydrogens is 531 g/mol. The van der Waals surface area contributed by atoms with Crippen molar-refractivity contribution < 1.29 is 22.1 Å². The first-order valence-electron chi connectivity index (χ1n) is 13.6. The molecule has 0 saturated heterocycles. The molecule has 0 aliphatic rings. The van der Waals surface area contributed by atoms with Crippen LogP contribution in [0.5, 0.6) is 0 Å². The van der Waals surface area contributed by atoms with Crippen molar-refractivity contribution in [1.29, 1.82) is 0 Å². The van der Waals surface area contributed by atoms with Crippen LogP contribution in [0.25, 0.3) is 0 Å². The van der Waals surface area contributed by atoms with E-state index in [1.807, 2.05) is 32.9 Å². The van der Waals surface area contributed by atoms with Crippen molar-refractivity contribution in [3.8, 4) is 0 Å². The van der Waals surface area contributed by atoms with Crippen LogP contribution in [0.3, 0.4) is 0 Å². The van der Waals surface area contributed by atoms with Gasteiger partial charge in [0.1, 0.15) is 6.29 Å². The zero-order chi connectivity index (χ0) is 29.7. The van der Waals surface area contributed by atoms with Crippen molar-refractivity contribution in [3.05, 3.63) is 42.0 Å². The summed E-state index contributed by atoms with van der Waals surface area (Å²) in [4.78, 5) is 11.2. The van der Waals surface area contributed by atoms with Gasteiger partial charge in [-0.1, -0.05) is 59.8 Å². The third-order valence-corrected chi connectivity index (χ3v) is 19.3. The largest absolute Gasteiger partial charge is 0.415 e. The summed E-state index contributed by atoms with van der Waals surface area (Å²) in [6.45, 7) is 27.9. The Bertz CT molecular complexity index is 1040. The van der Waals surface area contributed by atoms with Crippen molar-refractivity contribution >= 4 is 32.9 Å². The van der Waals surface area contributed by atoms with Crippen LogP contribution in [0.2, 0.25) is 36.3 Å². The fraction of sp³-hybridized carbons (Fsp3) is 0.690. The predicted octanol–water partition coefficient (Wildman–Crippen LogP) is 7.70. The Kier molecular flexibility index (Phi) is 12.0. The van der Waals surface area contributed by atoms with Crippen LogP contribution in [0.15, 0.2) is 41.3 Å². The third-order valence-electron chi connectivity index (χ3n) is 8.14. The van der Waals surface area contributed by atoms with Crippen molar-refractivity contribution in [2.75, 3.05) is 6.61 Å². The van der Waals surface area contributed by atoms with Crippen LogP contribution in [0.4, 0.5) is 0 Å². The van der Waals surface area contributed by atoms with Gasteiger partial charge in [-0.25, -0.2) is 8.42 Å². The maximum absolute atomic E-state index is 14.0. The van der Waals surface area contributed by atoms with Crippen LogP contribution in [-0.2, 0) is 23.7 Å². The highest BCUT2D eigenvalue weighted by Gasteiger charge is 2.41. The van der Waals surface area contributed by atoms with Crippen LogP contribution in [0, 0.1) is 0 Å². The highest BCUT2D eigenvalue weighted by Crippen LogP contribution is 2.40. The number of hydrogen-bond donors (Lipinski definition) is 0. The molecule has 0 aliphatic heterocycles. The first-order chi connectivity index (χ1) is 17.1. The Balaban J connectivity index is 3.34. The highest BCUT2D eigenvalue weighted by atomic mass is 32.2. The molecule has 6 nitrogen and oxygen atoms in total. The average molecular weight is 584 g/mol. The minimum Gasteiger partial charge on any atom is -0.415 e. The number of sulfonamides is 1. The molecule has 0 radical (unpaired) electrons. The van der Waals surface area contributed by atoms with Gasteiger partial charge in [0.2, 0.25) is 10.0 Å². The second kappa shape index (κ2) is 13.0. The van der Waals surface area contributed by atoms with E-state index in [2.05, 4.69) is 67.7 Å². The lowest BCUT2D eigenvalue weighted by atomic mass is 10.1. The quantitative estimate of drug-likeness (QED) is 0.135. The number of benzene rings is 1. The molecule has 2 atom stereocenters. The summed E-state index contributed by atoms with van der Waals surface area (Å²) in [7, 11) is -7.91. The normalized spacial score (nSPS) is 15.9. The minimum absolute atomic E-state index is 0.00324. The molecule has 1 unspecified atom stereocenters. The summed E-state index contributed by atoms with van der Waals surface area (Å²) in [6, 6.07) is 6.34. The van der Waals surface area contributed by atoms with E-state index in [1.165, 1.54) is 6.08 Å². The summed E-state index contributed by atoms with van der Waals surface area (Å²) < 4.78 is 42.5. The molecule has 38 heavy (non-hydrogen) atoms. The highest BCUT2D eigenvalue weighted by molar-refractivity contribution is 7.89. The molecule has 0 fully saturated rings. The molecule has 1 aromatic rings. The van der Waals surface area contributed by atoms with Crippen LogP contribution in [-0.4, -0.2) is 54.3 Å². The molecule has 0 aromatic heterocycles. The zero-order valence-corrected chi connectivity index (χ0v) is 28.9. The summed E-state index contributed by atoms with van der Waals surface area (Å²) >= 11 is 0. The third kappa shape index (κ3) is 8.96. The average Bonchev–Trinajstić information content (AvgIpc) is 2.75. The number of hydrogen-bond acceptors (Lipinski definition) is 5. The lowest BCUT2D eigenvalue weighted by Gasteiger charge is -2.40. The molecule has 0 aliphatic carbocycles. The van der Waals surface area contributed by atoms with Gasteiger partial charge in [-0.3, -0.25) is 4.79 Å². The van der Waals surface area contributed by atoms with Gasteiger partial charge < -0.3 is 8.85 Å². The minimum atomic E-state index is -3.83. The Labute approximate surface area is 235 Å². The van der Waals surface area contributed by atoms with Crippen molar-refractivity contribution in [2.45, 2.75) is 128 Å². The Morgan fingerprint density at radius 2 is 1.39 bits per heavy atom. The van der Waals surface area contributed by atoms with Gasteiger partial charge in [0.05, 0.1) is 23.6 Å². The zero-order valence-electron chi connectivity index (χ0n) is 26.1. The van der Waals surface area contributed by atoms with E-state index < -0.39 is 32.7 Å². The summed E-state index contributed by atoms with van der Waals surface area (Å²) in [5, 5.41) is 0.0822. The number of allylic oxidation sites excluding steroid dienone is 1. The molecule has 0 spiro atoms. The van der Waals surface area contributed by atoms with Crippen LogP contribution >= 0.6 is 0 Å². The number of rotatable bonds is 13. The molecule has 0 saturated carbocycles. The topological polar surface area (TPSA) is 72.9 Å². The molecule has 0 heterocycles. The first kappa shape index (κ1) is 34.9. The monoisotopic (exact) mass is 583 g/mol. The molecule has 0 bridgehead atoms. The first-order valence-corrected chi connectivity index (χ1v) is 20.9. The maximum Gasteiger partial charge on any atom is 0.243 e. The Morgan fingerprint density at radius 3 is 1.82 bits per heavy atom. The number of carbonyl (C=O) groups excluding carboxylic acids is 1. The van der Waals surface area contributed by atoms with Gasteiger partial charge in [0.15, 0.2) is 16.6 Å². The summed E-state index contributed by atoms with van der Waals surface area (Å²) in [5.41, 5.74) is 0.955. The van der Waals surface area contributed by atoms with Gasteiger partial charge in [-0.05, 0) is 87.2 Å². The predicted molar refractivity (Wildman–Crippen MR) is 164 cm³/mol. The smallest absolute Gasteiger partial charge is 0.243 e. The molecule has 1 rings (SSSR count). The van der Waals surface area contributed by atoms with Gasteiger partial charge in [-0.15, -0.1) is 0 Å². The van der Waals surface area contributed by atoms with E-state index in [0.29, 0.717) is 12.7 Å². The van der Waals surface area contributed by atoms with Gasteiger partial charge >= 0.3 is 0 Å². The second-order valence-corrected chi connectivity index (χ2v) is 25.0. The van der Waals surface area contributed by atoms with Gasteiger partial charge in [-0.2, -0.15) is 4.31 Å². The SMILES string of the molecule is CC(C)N(C(CC=CC=O)CO[Si](C)(C)C(C)(C)C)S(=O)(=O)c1ccc([C@H](C)O[Si](C)(C)C(C)(C)C)cc1. The van der Waals surface area contributed by atoms with E-state index in [9.17, 15) is 13.2 Å². The van der Waals surface area contributed by atoms with Crippen LogP contribution in [0.1, 0.15) is 80.4 Å². The summed E-state index contributed by atoms with van der Waals surface area (Å²) in [6.07, 6.45) is 4.11. The molecule has 0 amide bonds. The molecule has 0 N–H and O–H groups in total. The van der Waals surface area contributed by atoms with E-state index in [1.54, 1.807) is 22.5 Å². The van der Waals surface area contributed by atoms with Gasteiger partial charge in [0.25, 0.3) is 0 Å². The lowest BCUT2D eigenvalue weighted by molar-refractivity contribution is -0.104. The molecule has 1 aromatic carbocycles. The number of carbonyl (C=O) groups is 1. The fourth-order valence-electron chi connectivity index (χ4n) is 3.67. The van der Waals surface area contributed by atoms with E-state index in [4.69, 9.17) is 8.85 Å². The Morgan fingerprint density at radius 1 is 0.895 bits per heavy atom. The standard InChI is InChI=1S/C29H53NO5SSi2/c1-23(2)30(26(16-14-15-21-31)22-34-37(10,11)28(4,5)6)36(32,33)27-19-17-25(18-20-27)24(3)35-38(12,13)29(7,8)9/h14-15,17-21,23-24,26H,16,22H2,1-13H3/t24-,26?/m0/s1. The van der Waals surface area contributed by atoms with Gasteiger partial charge in [0, 0.05) is 6.04 Å². The van der Waals surface area contributed by atoms with Crippen LogP contribution < -0.4 is 0 Å². The van der Waals surface area contributed by atoms with E-state index in [-0.39, 0.29) is 33.7 Å². The summed E-state index contributed by atoms with van der Waals surface area (Å²) in [5.74, 6) is 0.